The maximum Gasteiger partial charge on any atom is 0.335 e. The number of esters is 3. The molecule has 1 heterocycles. The van der Waals surface area contributed by atoms with E-state index >= 15 is 0 Å². The first-order chi connectivity index (χ1) is 38.6. The van der Waals surface area contributed by atoms with Gasteiger partial charge in [0.25, 0.3) is 0 Å². The zero-order valence-electron chi connectivity index (χ0n) is 50.1. The van der Waals surface area contributed by atoms with Gasteiger partial charge in [-0.15, -0.1) is 0 Å². The van der Waals surface area contributed by atoms with Crippen LogP contribution in [0.1, 0.15) is 278 Å². The molecule has 0 amide bonds. The second-order valence-corrected chi connectivity index (χ2v) is 21.7. The number of unbranched alkanes of at least 4 members (excludes halogenated alkanes) is 28. The fourth-order valence-corrected chi connectivity index (χ4v) is 9.35. The summed E-state index contributed by atoms with van der Waals surface area (Å²) >= 11 is 0. The zero-order valence-corrected chi connectivity index (χ0v) is 50.1. The molecule has 454 valence electrons. The molecule has 0 saturated carbocycles. The highest BCUT2D eigenvalue weighted by Crippen LogP contribution is 2.26. The number of hydrogen-bond donors (Lipinski definition) is 3. The maximum atomic E-state index is 13.2. The van der Waals surface area contributed by atoms with Crippen molar-refractivity contribution in [3.05, 3.63) is 72.9 Å². The van der Waals surface area contributed by atoms with Gasteiger partial charge in [0, 0.05) is 19.3 Å². The summed E-state index contributed by atoms with van der Waals surface area (Å²) in [7, 11) is 0. The van der Waals surface area contributed by atoms with E-state index in [1.807, 2.05) is 0 Å². The molecule has 1 aliphatic heterocycles. The average Bonchev–Trinajstić information content (AvgIpc) is 3.44. The number of carboxylic acids is 1. The Morgan fingerprint density at radius 2 is 0.797 bits per heavy atom. The smallest absolute Gasteiger partial charge is 0.335 e. The summed E-state index contributed by atoms with van der Waals surface area (Å²) < 4.78 is 28.5. The SMILES string of the molecule is CC/C=C\C/C=C\C/C=C\C/C=C\CCCCC(=O)OC1C(OCC(COC(=O)CCCCCCCCCCC/C=C\CCCCCCCC)OC(=O)CCCCCCC/C=C\CCCCCCCC)OC(C(=O)O)C(O)C1O. The Hall–Kier alpha value is -3.84. The van der Waals surface area contributed by atoms with Gasteiger partial charge in [-0.3, -0.25) is 14.4 Å². The van der Waals surface area contributed by atoms with Gasteiger partial charge in [-0.25, -0.2) is 4.79 Å². The molecule has 0 aromatic heterocycles. The summed E-state index contributed by atoms with van der Waals surface area (Å²) in [6, 6.07) is 0. The van der Waals surface area contributed by atoms with Gasteiger partial charge >= 0.3 is 23.9 Å². The summed E-state index contributed by atoms with van der Waals surface area (Å²) in [5, 5.41) is 31.5. The van der Waals surface area contributed by atoms with Crippen LogP contribution in [0.4, 0.5) is 0 Å². The van der Waals surface area contributed by atoms with Crippen LogP contribution < -0.4 is 0 Å². The lowest BCUT2D eigenvalue weighted by Gasteiger charge is -2.40. The van der Waals surface area contributed by atoms with Gasteiger partial charge in [-0.2, -0.15) is 0 Å². The van der Waals surface area contributed by atoms with E-state index in [1.165, 1.54) is 122 Å². The highest BCUT2D eigenvalue weighted by molar-refractivity contribution is 5.74. The maximum absolute atomic E-state index is 13.2. The fourth-order valence-electron chi connectivity index (χ4n) is 9.35. The number of rotatable bonds is 54. The van der Waals surface area contributed by atoms with Crippen LogP contribution in [0.5, 0.6) is 0 Å². The Morgan fingerprint density at radius 1 is 0.430 bits per heavy atom. The van der Waals surface area contributed by atoms with Crippen molar-refractivity contribution in [2.45, 2.75) is 314 Å². The van der Waals surface area contributed by atoms with Gasteiger partial charge in [0.15, 0.2) is 24.6 Å². The molecule has 3 N–H and O–H groups in total. The molecule has 0 spiro atoms. The molecule has 1 fully saturated rings. The topological polar surface area (TPSA) is 175 Å². The predicted molar refractivity (Wildman–Crippen MR) is 322 cm³/mol. The van der Waals surface area contributed by atoms with Crippen LogP contribution in [0, 0.1) is 0 Å². The van der Waals surface area contributed by atoms with Gasteiger partial charge in [-0.05, 0) is 109 Å². The van der Waals surface area contributed by atoms with Gasteiger partial charge in [-0.1, -0.05) is 222 Å². The van der Waals surface area contributed by atoms with E-state index in [9.17, 15) is 34.5 Å². The Balaban J connectivity index is 2.68. The number of ether oxygens (including phenoxy) is 5. The number of allylic oxidation sites excluding steroid dienone is 12. The highest BCUT2D eigenvalue weighted by atomic mass is 16.7. The Labute approximate surface area is 480 Å². The second kappa shape index (κ2) is 54.7. The number of aliphatic carboxylic acids is 1. The second-order valence-electron chi connectivity index (χ2n) is 21.7. The van der Waals surface area contributed by atoms with E-state index in [0.717, 1.165) is 89.9 Å². The van der Waals surface area contributed by atoms with E-state index in [1.54, 1.807) is 0 Å². The molecular weight excluding hydrogens is 997 g/mol. The molecule has 0 aromatic carbocycles. The van der Waals surface area contributed by atoms with Crippen molar-refractivity contribution in [2.75, 3.05) is 13.2 Å². The summed E-state index contributed by atoms with van der Waals surface area (Å²) in [4.78, 5) is 51.2. The fraction of sp³-hybridized carbons (Fsp3) is 0.761. The summed E-state index contributed by atoms with van der Waals surface area (Å²) in [5.74, 6) is -3.18. The normalized spacial score (nSPS) is 18.3. The molecule has 0 aromatic rings. The van der Waals surface area contributed by atoms with Crippen LogP contribution in [0.25, 0.3) is 0 Å². The van der Waals surface area contributed by atoms with E-state index in [0.29, 0.717) is 25.7 Å². The molecule has 6 atom stereocenters. The van der Waals surface area contributed by atoms with Crippen LogP contribution in [-0.2, 0) is 42.9 Å². The highest BCUT2D eigenvalue weighted by Gasteiger charge is 2.50. The molecule has 1 rings (SSSR count). The van der Waals surface area contributed by atoms with Crippen molar-refractivity contribution < 1.29 is 58.2 Å². The number of carboxylic acid groups (broad SMARTS) is 1. The largest absolute Gasteiger partial charge is 0.479 e. The standard InChI is InChI=1S/C67H114O12/c1-4-7-10-13-16-19-22-25-28-29-30-31-34-35-38-41-44-47-50-53-59(68)75-56-58(77-60(69)54-51-48-45-42-39-36-32-26-23-20-17-14-11-8-5-2)57-76-67-65(63(72)62(71)64(79-67)66(73)74)78-61(70)55-52-49-46-43-40-37-33-27-24-21-18-15-12-9-6-3/h9,12,18,21,25-28,32-33,40,43,58,62-65,67,71-72H,4-8,10-11,13-17,19-20,22-24,29-31,34-39,41-42,44-57H2,1-3H3,(H,73,74)/b12-9-,21-18-,28-25-,32-26-,33-27-,43-40-. The number of carbonyl (C=O) groups is 4. The Kier molecular flexibility index (Phi) is 50.7. The molecule has 0 aliphatic carbocycles. The Morgan fingerprint density at radius 3 is 1.25 bits per heavy atom. The van der Waals surface area contributed by atoms with Crippen molar-refractivity contribution >= 4 is 23.9 Å². The van der Waals surface area contributed by atoms with Crippen LogP contribution in [0.15, 0.2) is 72.9 Å². The molecule has 6 unspecified atom stereocenters. The number of hydrogen-bond acceptors (Lipinski definition) is 11. The molecule has 0 bridgehead atoms. The average molecular weight is 1110 g/mol. The van der Waals surface area contributed by atoms with Gasteiger partial charge in [0.2, 0.25) is 0 Å². The lowest BCUT2D eigenvalue weighted by molar-refractivity contribution is -0.301. The summed E-state index contributed by atoms with van der Waals surface area (Å²) in [6.45, 7) is 5.87. The van der Waals surface area contributed by atoms with E-state index in [-0.39, 0.29) is 25.9 Å². The molecule has 1 aliphatic rings. The van der Waals surface area contributed by atoms with Gasteiger partial charge in [0.05, 0.1) is 6.61 Å². The summed E-state index contributed by atoms with van der Waals surface area (Å²) in [5.41, 5.74) is 0. The van der Waals surface area contributed by atoms with Gasteiger partial charge < -0.3 is 39.0 Å². The molecule has 12 heteroatoms. The van der Waals surface area contributed by atoms with Crippen molar-refractivity contribution in [1.29, 1.82) is 0 Å². The quantitative estimate of drug-likeness (QED) is 0.0228. The van der Waals surface area contributed by atoms with Crippen molar-refractivity contribution in [2.24, 2.45) is 0 Å². The van der Waals surface area contributed by atoms with Crippen molar-refractivity contribution in [3.63, 3.8) is 0 Å². The minimum Gasteiger partial charge on any atom is -0.479 e. The molecular formula is C67H114O12. The van der Waals surface area contributed by atoms with Crippen LogP contribution in [0.2, 0.25) is 0 Å². The first-order valence-corrected chi connectivity index (χ1v) is 31.9. The molecule has 1 saturated heterocycles. The van der Waals surface area contributed by atoms with Crippen LogP contribution >= 0.6 is 0 Å². The molecule has 79 heavy (non-hydrogen) atoms. The lowest BCUT2D eigenvalue weighted by Crippen LogP contribution is -2.61. The lowest BCUT2D eigenvalue weighted by atomic mass is 9.98. The van der Waals surface area contributed by atoms with Crippen molar-refractivity contribution in [1.82, 2.24) is 0 Å². The number of aliphatic hydroxyl groups is 2. The Bertz CT molecular complexity index is 1650. The minimum atomic E-state index is -1.92. The summed E-state index contributed by atoms with van der Waals surface area (Å²) in [6.07, 6.45) is 57.3. The molecule has 12 nitrogen and oxygen atoms in total. The number of carbonyl (C=O) groups excluding carboxylic acids is 3. The van der Waals surface area contributed by atoms with Gasteiger partial charge in [0.1, 0.15) is 18.8 Å². The zero-order chi connectivity index (χ0) is 57.5. The predicted octanol–water partition coefficient (Wildman–Crippen LogP) is 16.9. The van der Waals surface area contributed by atoms with E-state index < -0.39 is 67.3 Å². The number of aliphatic hydroxyl groups excluding tert-OH is 2. The third-order valence-electron chi connectivity index (χ3n) is 14.2. The van der Waals surface area contributed by atoms with Crippen LogP contribution in [-0.4, -0.2) is 89.2 Å². The monoisotopic (exact) mass is 1110 g/mol. The van der Waals surface area contributed by atoms with Crippen LogP contribution in [0.3, 0.4) is 0 Å². The third kappa shape index (κ3) is 44.5. The first kappa shape index (κ1) is 73.2. The van der Waals surface area contributed by atoms with E-state index in [4.69, 9.17) is 23.7 Å². The van der Waals surface area contributed by atoms with Crippen molar-refractivity contribution in [3.8, 4) is 0 Å². The third-order valence-corrected chi connectivity index (χ3v) is 14.2. The molecule has 0 radical (unpaired) electrons. The minimum absolute atomic E-state index is 0.00609. The van der Waals surface area contributed by atoms with E-state index in [2.05, 4.69) is 93.7 Å². The first-order valence-electron chi connectivity index (χ1n) is 31.9.